The van der Waals surface area contributed by atoms with Crippen LogP contribution in [0.2, 0.25) is 0 Å². The second-order valence-corrected chi connectivity index (χ2v) is 6.63. The van der Waals surface area contributed by atoms with Crippen LogP contribution in [-0.4, -0.2) is 6.04 Å². The summed E-state index contributed by atoms with van der Waals surface area (Å²) in [6.07, 6.45) is 0. The van der Waals surface area contributed by atoms with Gasteiger partial charge in [-0.3, -0.25) is 0 Å². The zero-order valence-corrected chi connectivity index (χ0v) is 14.7. The Morgan fingerprint density at radius 3 is 2.35 bits per heavy atom. The van der Waals surface area contributed by atoms with Gasteiger partial charge in [-0.1, -0.05) is 35.8 Å². The third kappa shape index (κ3) is 4.62. The van der Waals surface area contributed by atoms with Crippen LogP contribution < -0.4 is 10.1 Å². The molecule has 2 aromatic rings. The van der Waals surface area contributed by atoms with Crippen molar-refractivity contribution in [1.29, 1.82) is 0 Å². The van der Waals surface area contributed by atoms with Crippen molar-refractivity contribution in [2.45, 2.75) is 26.4 Å². The summed E-state index contributed by atoms with van der Waals surface area (Å²) in [6, 6.07) is 14.4. The Morgan fingerprint density at radius 1 is 1.05 bits per heavy atom. The van der Waals surface area contributed by atoms with E-state index in [9.17, 15) is 0 Å². The molecule has 1 N–H and O–H groups in total. The number of hydrogen-bond donors (Lipinski definition) is 1. The summed E-state index contributed by atoms with van der Waals surface area (Å²) >= 11 is 6.98. The molecule has 0 aromatic heterocycles. The summed E-state index contributed by atoms with van der Waals surface area (Å²) in [4.78, 5) is 0. The highest BCUT2D eigenvalue weighted by atomic mass is 79.9. The Balaban J connectivity index is 2.07. The van der Waals surface area contributed by atoms with Gasteiger partial charge in [-0.05, 0) is 57.9 Å². The van der Waals surface area contributed by atoms with Gasteiger partial charge < -0.3 is 10.1 Å². The summed E-state index contributed by atoms with van der Waals surface area (Å²) in [7, 11) is 0. The average molecular weight is 399 g/mol. The normalized spacial score (nSPS) is 10.8. The smallest absolute Gasteiger partial charge is 0.141 e. The minimum absolute atomic E-state index is 0.479. The van der Waals surface area contributed by atoms with Crippen LogP contribution >= 0.6 is 31.9 Å². The van der Waals surface area contributed by atoms with Crippen molar-refractivity contribution in [3.8, 4) is 11.5 Å². The van der Waals surface area contributed by atoms with Gasteiger partial charge in [-0.15, -0.1) is 0 Å². The molecule has 0 aliphatic rings. The lowest BCUT2D eigenvalue weighted by molar-refractivity contribution is 0.479. The fourth-order valence-corrected chi connectivity index (χ4v) is 2.46. The third-order valence-corrected chi connectivity index (χ3v) is 3.90. The van der Waals surface area contributed by atoms with Crippen LogP contribution in [0.4, 0.5) is 0 Å². The molecule has 0 unspecified atom stereocenters. The molecule has 2 nitrogen and oxygen atoms in total. The Labute approximate surface area is 136 Å². The lowest BCUT2D eigenvalue weighted by atomic mass is 10.2. The highest BCUT2D eigenvalue weighted by molar-refractivity contribution is 9.10. The summed E-state index contributed by atoms with van der Waals surface area (Å²) < 4.78 is 7.86. The maximum absolute atomic E-state index is 5.86. The number of benzene rings is 2. The predicted molar refractivity (Wildman–Crippen MR) is 90.3 cm³/mol. The lowest BCUT2D eigenvalue weighted by Gasteiger charge is -2.11. The molecule has 4 heteroatoms. The molecule has 106 valence electrons. The topological polar surface area (TPSA) is 21.3 Å². The van der Waals surface area contributed by atoms with Crippen LogP contribution in [0.1, 0.15) is 19.4 Å². The van der Waals surface area contributed by atoms with Gasteiger partial charge in [0.05, 0.1) is 4.47 Å². The first-order valence-corrected chi connectivity index (χ1v) is 8.08. The van der Waals surface area contributed by atoms with Gasteiger partial charge in [-0.25, -0.2) is 0 Å². The van der Waals surface area contributed by atoms with E-state index in [1.807, 2.05) is 30.3 Å². The van der Waals surface area contributed by atoms with Crippen LogP contribution in [0.25, 0.3) is 0 Å². The molecule has 20 heavy (non-hydrogen) atoms. The number of hydrogen-bond acceptors (Lipinski definition) is 2. The molecule has 0 radical (unpaired) electrons. The molecular formula is C16H17Br2NO. The Kier molecular flexibility index (Phi) is 5.64. The molecule has 0 aliphatic heterocycles. The minimum atomic E-state index is 0.479. The first-order chi connectivity index (χ1) is 9.54. The van der Waals surface area contributed by atoms with Crippen molar-refractivity contribution in [1.82, 2.24) is 5.32 Å². The molecular weight excluding hydrogens is 382 g/mol. The van der Waals surface area contributed by atoms with Crippen LogP contribution in [0, 0.1) is 0 Å². The highest BCUT2D eigenvalue weighted by Crippen LogP contribution is 2.31. The second-order valence-electron chi connectivity index (χ2n) is 4.86. The monoisotopic (exact) mass is 397 g/mol. The van der Waals surface area contributed by atoms with Crippen LogP contribution in [-0.2, 0) is 6.54 Å². The fraction of sp³-hybridized carbons (Fsp3) is 0.250. The summed E-state index contributed by atoms with van der Waals surface area (Å²) in [6.45, 7) is 5.13. The van der Waals surface area contributed by atoms with Gasteiger partial charge in [0.25, 0.3) is 0 Å². The Morgan fingerprint density at radius 2 is 1.75 bits per heavy atom. The van der Waals surface area contributed by atoms with Crippen molar-refractivity contribution in [2.75, 3.05) is 0 Å². The number of halogens is 2. The average Bonchev–Trinajstić information content (AvgIpc) is 2.41. The molecule has 0 aliphatic carbocycles. The minimum Gasteiger partial charge on any atom is -0.456 e. The highest BCUT2D eigenvalue weighted by Gasteiger charge is 2.05. The van der Waals surface area contributed by atoms with Crippen molar-refractivity contribution in [3.05, 3.63) is 57.0 Å². The van der Waals surface area contributed by atoms with Gasteiger partial charge in [-0.2, -0.15) is 0 Å². The number of nitrogens with one attached hydrogen (secondary N) is 1. The van der Waals surface area contributed by atoms with E-state index in [0.29, 0.717) is 6.04 Å². The quantitative estimate of drug-likeness (QED) is 0.717. The zero-order valence-electron chi connectivity index (χ0n) is 11.5. The molecule has 0 spiro atoms. The van der Waals surface area contributed by atoms with E-state index in [0.717, 1.165) is 27.0 Å². The lowest BCUT2D eigenvalue weighted by Crippen LogP contribution is -2.21. The Hall–Kier alpha value is -0.840. The van der Waals surface area contributed by atoms with E-state index < -0.39 is 0 Å². The number of ether oxygens (including phenoxy) is 1. The first-order valence-electron chi connectivity index (χ1n) is 6.50. The second kappa shape index (κ2) is 7.25. The van der Waals surface area contributed by atoms with Crippen LogP contribution in [0.5, 0.6) is 11.5 Å². The van der Waals surface area contributed by atoms with Crippen LogP contribution in [0.15, 0.2) is 51.4 Å². The summed E-state index contributed by atoms with van der Waals surface area (Å²) in [5.41, 5.74) is 1.23. The van der Waals surface area contributed by atoms with Crippen LogP contribution in [0.3, 0.4) is 0 Å². The van der Waals surface area contributed by atoms with Crippen molar-refractivity contribution in [3.63, 3.8) is 0 Å². The Bertz CT molecular complexity index is 567. The van der Waals surface area contributed by atoms with E-state index in [1.165, 1.54) is 5.56 Å². The van der Waals surface area contributed by atoms with Gasteiger partial charge in [0.2, 0.25) is 0 Å². The van der Waals surface area contributed by atoms with Gasteiger partial charge in [0, 0.05) is 17.1 Å². The van der Waals surface area contributed by atoms with Gasteiger partial charge in [0.15, 0.2) is 0 Å². The third-order valence-electron chi connectivity index (χ3n) is 2.75. The number of rotatable bonds is 5. The maximum atomic E-state index is 5.86. The van der Waals surface area contributed by atoms with Gasteiger partial charge >= 0.3 is 0 Å². The maximum Gasteiger partial charge on any atom is 0.141 e. The van der Waals surface area contributed by atoms with E-state index in [4.69, 9.17) is 4.74 Å². The molecule has 0 bridgehead atoms. The van der Waals surface area contributed by atoms with Crippen molar-refractivity contribution in [2.24, 2.45) is 0 Å². The zero-order chi connectivity index (χ0) is 14.5. The summed E-state index contributed by atoms with van der Waals surface area (Å²) in [5, 5.41) is 3.40. The standard InChI is InChI=1S/C16H17Br2NO/c1-11(2)19-10-12-3-8-16(15(18)9-12)20-14-6-4-13(17)5-7-14/h3-9,11,19H,10H2,1-2H3. The van der Waals surface area contributed by atoms with Gasteiger partial charge in [0.1, 0.15) is 11.5 Å². The molecule has 0 amide bonds. The molecule has 0 saturated carbocycles. The summed E-state index contributed by atoms with van der Waals surface area (Å²) in [5.74, 6) is 1.64. The molecule has 0 atom stereocenters. The van der Waals surface area contributed by atoms with Crippen molar-refractivity contribution >= 4 is 31.9 Å². The van der Waals surface area contributed by atoms with E-state index in [2.05, 4.69) is 63.2 Å². The first kappa shape index (κ1) is 15.5. The van der Waals surface area contributed by atoms with E-state index in [-0.39, 0.29) is 0 Å². The molecule has 0 heterocycles. The molecule has 0 saturated heterocycles. The van der Waals surface area contributed by atoms with E-state index >= 15 is 0 Å². The molecule has 2 aromatic carbocycles. The van der Waals surface area contributed by atoms with E-state index in [1.54, 1.807) is 0 Å². The predicted octanol–water partition coefficient (Wildman–Crippen LogP) is 5.50. The largest absolute Gasteiger partial charge is 0.456 e. The SMILES string of the molecule is CC(C)NCc1ccc(Oc2ccc(Br)cc2)c(Br)c1. The van der Waals surface area contributed by atoms with Crippen molar-refractivity contribution < 1.29 is 4.74 Å². The fourth-order valence-electron chi connectivity index (χ4n) is 1.69. The molecule has 2 rings (SSSR count). The molecule has 0 fully saturated rings.